The van der Waals surface area contributed by atoms with Gasteiger partial charge in [-0.2, -0.15) is 4.98 Å². The number of aryl methyl sites for hydroxylation is 1. The third-order valence-corrected chi connectivity index (χ3v) is 3.21. The number of nitrogens with one attached hydrogen (secondary N) is 1. The first-order valence-corrected chi connectivity index (χ1v) is 6.27. The first kappa shape index (κ1) is 12.5. The summed E-state index contributed by atoms with van der Waals surface area (Å²) < 4.78 is 10.4. The smallest absolute Gasteiger partial charge is 0.215 e. The van der Waals surface area contributed by atoms with Crippen molar-refractivity contribution in [3.63, 3.8) is 0 Å². The SMILES string of the molecule is COc1ccc2[nH]c(-c3ccc(C)c(OC)c3)nc2n1. The fraction of sp³-hybridized carbons (Fsp3) is 0.200. The van der Waals surface area contributed by atoms with E-state index in [1.54, 1.807) is 20.3 Å². The Bertz CT molecular complexity index is 765. The van der Waals surface area contributed by atoms with E-state index in [1.807, 2.05) is 31.2 Å². The number of fused-ring (bicyclic) bond motifs is 1. The zero-order valence-electron chi connectivity index (χ0n) is 11.6. The predicted octanol–water partition coefficient (Wildman–Crippen LogP) is 2.95. The van der Waals surface area contributed by atoms with Crippen LogP contribution in [0.15, 0.2) is 30.3 Å². The number of rotatable bonds is 3. The summed E-state index contributed by atoms with van der Waals surface area (Å²) in [5.74, 6) is 2.16. The Morgan fingerprint density at radius 3 is 2.60 bits per heavy atom. The van der Waals surface area contributed by atoms with Crippen LogP contribution in [0.5, 0.6) is 11.6 Å². The van der Waals surface area contributed by atoms with Crippen molar-refractivity contribution in [3.8, 4) is 23.0 Å². The van der Waals surface area contributed by atoms with Gasteiger partial charge in [-0.05, 0) is 24.6 Å². The van der Waals surface area contributed by atoms with Gasteiger partial charge in [0.15, 0.2) is 5.65 Å². The van der Waals surface area contributed by atoms with Gasteiger partial charge in [-0.3, -0.25) is 0 Å². The summed E-state index contributed by atoms with van der Waals surface area (Å²) >= 11 is 0. The molecule has 0 aliphatic rings. The second-order valence-electron chi connectivity index (χ2n) is 4.49. The minimum Gasteiger partial charge on any atom is -0.496 e. The van der Waals surface area contributed by atoms with Crippen molar-refractivity contribution in [1.82, 2.24) is 15.0 Å². The van der Waals surface area contributed by atoms with Gasteiger partial charge in [0.05, 0.1) is 19.7 Å². The van der Waals surface area contributed by atoms with E-state index in [-0.39, 0.29) is 0 Å². The highest BCUT2D eigenvalue weighted by atomic mass is 16.5. The number of methoxy groups -OCH3 is 2. The molecule has 0 atom stereocenters. The lowest BCUT2D eigenvalue weighted by atomic mass is 10.1. The summed E-state index contributed by atoms with van der Waals surface area (Å²) in [6.07, 6.45) is 0. The van der Waals surface area contributed by atoms with E-state index in [1.165, 1.54) is 0 Å². The van der Waals surface area contributed by atoms with Crippen LogP contribution in [-0.4, -0.2) is 29.2 Å². The van der Waals surface area contributed by atoms with Crippen LogP contribution >= 0.6 is 0 Å². The molecule has 0 spiro atoms. The van der Waals surface area contributed by atoms with Gasteiger partial charge in [-0.1, -0.05) is 12.1 Å². The summed E-state index contributed by atoms with van der Waals surface area (Å²) in [7, 11) is 3.25. The van der Waals surface area contributed by atoms with E-state index >= 15 is 0 Å². The minimum atomic E-state index is 0.553. The summed E-state index contributed by atoms with van der Waals surface area (Å²) in [5.41, 5.74) is 3.57. The van der Waals surface area contributed by atoms with E-state index in [0.717, 1.165) is 28.2 Å². The molecule has 0 saturated heterocycles. The van der Waals surface area contributed by atoms with Crippen LogP contribution in [-0.2, 0) is 0 Å². The summed E-state index contributed by atoms with van der Waals surface area (Å²) in [5, 5.41) is 0. The molecule has 3 rings (SSSR count). The number of aromatic nitrogens is 3. The van der Waals surface area contributed by atoms with Gasteiger partial charge < -0.3 is 14.5 Å². The Morgan fingerprint density at radius 2 is 1.85 bits per heavy atom. The topological polar surface area (TPSA) is 60.0 Å². The lowest BCUT2D eigenvalue weighted by Crippen LogP contribution is -1.89. The zero-order chi connectivity index (χ0) is 14.1. The van der Waals surface area contributed by atoms with Crippen molar-refractivity contribution in [2.75, 3.05) is 14.2 Å². The van der Waals surface area contributed by atoms with E-state index < -0.39 is 0 Å². The maximum Gasteiger partial charge on any atom is 0.215 e. The highest BCUT2D eigenvalue weighted by molar-refractivity contribution is 5.76. The molecule has 0 amide bonds. The Balaban J connectivity index is 2.09. The first-order chi connectivity index (χ1) is 9.71. The number of hydrogen-bond acceptors (Lipinski definition) is 4. The van der Waals surface area contributed by atoms with E-state index in [2.05, 4.69) is 15.0 Å². The van der Waals surface area contributed by atoms with Crippen molar-refractivity contribution in [1.29, 1.82) is 0 Å². The van der Waals surface area contributed by atoms with E-state index in [4.69, 9.17) is 9.47 Å². The number of nitrogens with zero attached hydrogens (tertiary/aromatic N) is 2. The Morgan fingerprint density at radius 1 is 1.00 bits per heavy atom. The Kier molecular flexibility index (Phi) is 3.02. The lowest BCUT2D eigenvalue weighted by Gasteiger charge is -2.05. The van der Waals surface area contributed by atoms with Crippen LogP contribution in [0.1, 0.15) is 5.56 Å². The number of ether oxygens (including phenoxy) is 2. The van der Waals surface area contributed by atoms with Crippen LogP contribution in [0.2, 0.25) is 0 Å². The normalized spacial score (nSPS) is 10.8. The molecule has 0 unspecified atom stereocenters. The van der Waals surface area contributed by atoms with Crippen LogP contribution < -0.4 is 9.47 Å². The number of imidazole rings is 1. The molecule has 20 heavy (non-hydrogen) atoms. The lowest BCUT2D eigenvalue weighted by molar-refractivity contribution is 0.399. The highest BCUT2D eigenvalue weighted by Crippen LogP contribution is 2.26. The van der Waals surface area contributed by atoms with Gasteiger partial charge in [-0.25, -0.2) is 4.98 Å². The Labute approximate surface area is 116 Å². The molecule has 3 aromatic rings. The zero-order valence-corrected chi connectivity index (χ0v) is 11.6. The molecule has 5 nitrogen and oxygen atoms in total. The second-order valence-corrected chi connectivity index (χ2v) is 4.49. The van der Waals surface area contributed by atoms with Crippen LogP contribution in [0, 0.1) is 6.92 Å². The van der Waals surface area contributed by atoms with Gasteiger partial charge in [-0.15, -0.1) is 0 Å². The average Bonchev–Trinajstić information content (AvgIpc) is 2.90. The molecule has 2 heterocycles. The van der Waals surface area contributed by atoms with Gasteiger partial charge >= 0.3 is 0 Å². The molecule has 0 aliphatic carbocycles. The quantitative estimate of drug-likeness (QED) is 0.794. The third-order valence-electron chi connectivity index (χ3n) is 3.21. The van der Waals surface area contributed by atoms with E-state index in [9.17, 15) is 0 Å². The van der Waals surface area contributed by atoms with Crippen LogP contribution in [0.3, 0.4) is 0 Å². The van der Waals surface area contributed by atoms with Crippen molar-refractivity contribution in [2.45, 2.75) is 6.92 Å². The monoisotopic (exact) mass is 269 g/mol. The van der Waals surface area contributed by atoms with Gasteiger partial charge in [0, 0.05) is 11.6 Å². The molecule has 2 aromatic heterocycles. The number of hydrogen-bond donors (Lipinski definition) is 1. The first-order valence-electron chi connectivity index (χ1n) is 6.27. The molecule has 102 valence electrons. The molecule has 1 N–H and O–H groups in total. The van der Waals surface area contributed by atoms with Crippen molar-refractivity contribution < 1.29 is 9.47 Å². The molecule has 0 saturated carbocycles. The van der Waals surface area contributed by atoms with E-state index in [0.29, 0.717) is 11.5 Å². The van der Waals surface area contributed by atoms with Crippen LogP contribution in [0.25, 0.3) is 22.6 Å². The average molecular weight is 269 g/mol. The minimum absolute atomic E-state index is 0.553. The molecular weight excluding hydrogens is 254 g/mol. The van der Waals surface area contributed by atoms with Gasteiger partial charge in [0.1, 0.15) is 11.6 Å². The molecule has 0 fully saturated rings. The van der Waals surface area contributed by atoms with Gasteiger partial charge in [0.2, 0.25) is 5.88 Å². The molecule has 5 heteroatoms. The number of H-pyrrole nitrogens is 1. The molecular formula is C15H15N3O2. The summed E-state index contributed by atoms with van der Waals surface area (Å²) in [4.78, 5) is 12.0. The maximum atomic E-state index is 5.34. The third kappa shape index (κ3) is 2.07. The molecule has 1 aromatic carbocycles. The molecule has 0 bridgehead atoms. The molecule has 0 radical (unpaired) electrons. The maximum absolute atomic E-state index is 5.34. The molecule has 0 aliphatic heterocycles. The Hall–Kier alpha value is -2.56. The fourth-order valence-corrected chi connectivity index (χ4v) is 2.09. The number of pyridine rings is 1. The van der Waals surface area contributed by atoms with Crippen molar-refractivity contribution >= 4 is 11.2 Å². The number of aromatic amines is 1. The van der Waals surface area contributed by atoms with Gasteiger partial charge in [0.25, 0.3) is 0 Å². The fourth-order valence-electron chi connectivity index (χ4n) is 2.09. The standard InChI is InChI=1S/C15H15N3O2/c1-9-4-5-10(8-12(9)19-2)14-16-11-6-7-13(20-3)17-15(11)18-14/h4-8H,1-3H3,(H,16,17,18). The van der Waals surface area contributed by atoms with Crippen molar-refractivity contribution in [3.05, 3.63) is 35.9 Å². The second kappa shape index (κ2) is 4.85. The summed E-state index contributed by atoms with van der Waals surface area (Å²) in [6.45, 7) is 2.01. The summed E-state index contributed by atoms with van der Waals surface area (Å²) in [6, 6.07) is 9.69. The number of benzene rings is 1. The highest BCUT2D eigenvalue weighted by Gasteiger charge is 2.09. The largest absolute Gasteiger partial charge is 0.496 e. The van der Waals surface area contributed by atoms with Crippen LogP contribution in [0.4, 0.5) is 0 Å². The predicted molar refractivity (Wildman–Crippen MR) is 77.2 cm³/mol. The van der Waals surface area contributed by atoms with Crippen molar-refractivity contribution in [2.24, 2.45) is 0 Å².